The second kappa shape index (κ2) is 20.3. The molecule has 0 bridgehead atoms. The van der Waals surface area contributed by atoms with E-state index in [1.807, 2.05) is 60.7 Å². The van der Waals surface area contributed by atoms with Crippen LogP contribution in [0.15, 0.2) is 103 Å². The Hall–Kier alpha value is -6.20. The Kier molecular flexibility index (Phi) is 15.1. The van der Waals surface area contributed by atoms with Gasteiger partial charge >= 0.3 is 23.9 Å². The van der Waals surface area contributed by atoms with Crippen molar-refractivity contribution in [2.24, 2.45) is 5.41 Å². The topological polar surface area (TPSA) is 222 Å². The van der Waals surface area contributed by atoms with Gasteiger partial charge in [0, 0.05) is 41.0 Å². The molecule has 2 saturated heterocycles. The molecule has 346 valence electrons. The third kappa shape index (κ3) is 11.9. The van der Waals surface area contributed by atoms with E-state index in [4.69, 9.17) is 28.4 Å². The summed E-state index contributed by atoms with van der Waals surface area (Å²) in [4.78, 5) is 78.9. The van der Waals surface area contributed by atoms with E-state index in [0.29, 0.717) is 16.7 Å². The predicted molar refractivity (Wildman–Crippen MR) is 233 cm³/mol. The fourth-order valence-corrected chi connectivity index (χ4v) is 7.65. The van der Waals surface area contributed by atoms with Gasteiger partial charge in [-0.3, -0.25) is 14.4 Å². The minimum absolute atomic E-state index is 0.0312. The first-order valence-electron chi connectivity index (χ1n) is 21.4. The number of nitrogens with one attached hydrogen (secondary N) is 2. The van der Waals surface area contributed by atoms with Gasteiger partial charge in [0.25, 0.3) is 0 Å². The molecule has 2 heterocycles. The number of hydrogen-bond acceptors (Lipinski definition) is 14. The highest BCUT2D eigenvalue weighted by atomic mass is 16.8. The van der Waals surface area contributed by atoms with Gasteiger partial charge in [-0.05, 0) is 64.0 Å². The third-order valence-electron chi connectivity index (χ3n) is 11.0. The van der Waals surface area contributed by atoms with Gasteiger partial charge in [-0.1, -0.05) is 86.6 Å². The molecule has 2 amide bonds. The molecule has 7 atom stereocenters. The zero-order chi connectivity index (χ0) is 47.1. The lowest BCUT2D eigenvalue weighted by atomic mass is 9.90. The summed E-state index contributed by atoms with van der Waals surface area (Å²) < 4.78 is 35.5. The van der Waals surface area contributed by atoms with E-state index < -0.39 is 102 Å². The normalized spacial score (nSPS) is 22.3. The SMILES string of the molecule is C[C@H](O)[C@@H](NC(=O)C1=C[C@H]2OC(c3ccccc3)(c3ccccc3)O[C@H]2[C@H](OC(=O)c2cccc(C=CC(=O)O[C@H]3C(=O)OCC3(C)C)c2)C1)C(=O)N[C@H](CO)CCC(=O)OC(C)(C)C. The van der Waals surface area contributed by atoms with Crippen molar-refractivity contribution in [2.45, 2.75) is 115 Å². The highest BCUT2D eigenvalue weighted by molar-refractivity contribution is 5.98. The maximum atomic E-state index is 14.2. The number of carbonyl (C=O) groups is 6. The number of hydrogen-bond donors (Lipinski definition) is 4. The van der Waals surface area contributed by atoms with Crippen molar-refractivity contribution in [2.75, 3.05) is 13.2 Å². The highest BCUT2D eigenvalue weighted by Gasteiger charge is 2.55. The summed E-state index contributed by atoms with van der Waals surface area (Å²) in [6, 6.07) is 22.2. The first-order chi connectivity index (χ1) is 30.8. The molecule has 16 nitrogen and oxygen atoms in total. The molecule has 0 unspecified atom stereocenters. The molecule has 0 spiro atoms. The van der Waals surface area contributed by atoms with E-state index >= 15 is 0 Å². The predicted octanol–water partition coefficient (Wildman–Crippen LogP) is 4.20. The quantitative estimate of drug-likeness (QED) is 0.0900. The van der Waals surface area contributed by atoms with Crippen molar-refractivity contribution < 1.29 is 67.4 Å². The number of rotatable bonds is 16. The summed E-state index contributed by atoms with van der Waals surface area (Å²) in [6.45, 7) is 9.56. The Morgan fingerprint density at radius 1 is 0.908 bits per heavy atom. The summed E-state index contributed by atoms with van der Waals surface area (Å²) in [5, 5.41) is 25.9. The highest BCUT2D eigenvalue weighted by Crippen LogP contribution is 2.47. The molecule has 4 N–H and O–H groups in total. The fourth-order valence-electron chi connectivity index (χ4n) is 7.65. The number of fused-ring (bicyclic) bond motifs is 1. The molecular weight excluding hydrogens is 841 g/mol. The minimum atomic E-state index is -1.50. The lowest BCUT2D eigenvalue weighted by molar-refractivity contribution is -0.159. The van der Waals surface area contributed by atoms with Crippen molar-refractivity contribution >= 4 is 41.8 Å². The Labute approximate surface area is 377 Å². The lowest BCUT2D eigenvalue weighted by Crippen LogP contribution is -2.55. The second-order valence-electron chi connectivity index (χ2n) is 17.9. The third-order valence-corrected chi connectivity index (χ3v) is 11.0. The van der Waals surface area contributed by atoms with Crippen molar-refractivity contribution in [1.29, 1.82) is 0 Å². The van der Waals surface area contributed by atoms with Crippen molar-refractivity contribution in [1.82, 2.24) is 10.6 Å². The smallest absolute Gasteiger partial charge is 0.348 e. The van der Waals surface area contributed by atoms with Crippen LogP contribution in [0, 0.1) is 5.41 Å². The summed E-state index contributed by atoms with van der Waals surface area (Å²) in [5.74, 6) is -5.80. The first kappa shape index (κ1) is 48.3. The summed E-state index contributed by atoms with van der Waals surface area (Å²) in [7, 11) is 0. The van der Waals surface area contributed by atoms with Crippen molar-refractivity contribution in [3.05, 3.63) is 125 Å². The Morgan fingerprint density at radius 2 is 1.57 bits per heavy atom. The van der Waals surface area contributed by atoms with E-state index in [2.05, 4.69) is 10.6 Å². The largest absolute Gasteiger partial charge is 0.462 e. The molecule has 0 aromatic heterocycles. The van der Waals surface area contributed by atoms with Gasteiger partial charge in [-0.2, -0.15) is 0 Å². The Morgan fingerprint density at radius 3 is 2.15 bits per heavy atom. The number of aliphatic hydroxyl groups excluding tert-OH is 2. The van der Waals surface area contributed by atoms with E-state index in [-0.39, 0.29) is 37.0 Å². The molecule has 1 aliphatic carbocycles. The molecule has 0 saturated carbocycles. The van der Waals surface area contributed by atoms with E-state index in [1.165, 1.54) is 25.1 Å². The van der Waals surface area contributed by atoms with Gasteiger partial charge in [0.05, 0.1) is 24.3 Å². The molecule has 2 aliphatic heterocycles. The number of amides is 2. The maximum absolute atomic E-state index is 14.2. The first-order valence-corrected chi connectivity index (χ1v) is 21.4. The summed E-state index contributed by atoms with van der Waals surface area (Å²) in [5.41, 5.74) is 0.449. The molecule has 2 fully saturated rings. The van der Waals surface area contributed by atoms with Crippen LogP contribution in [0.3, 0.4) is 0 Å². The van der Waals surface area contributed by atoms with Gasteiger partial charge in [-0.25, -0.2) is 14.4 Å². The average Bonchev–Trinajstić information content (AvgIpc) is 3.79. The molecule has 0 radical (unpaired) electrons. The molecule has 6 rings (SSSR count). The molecule has 3 aromatic rings. The maximum Gasteiger partial charge on any atom is 0.348 e. The lowest BCUT2D eigenvalue weighted by Gasteiger charge is -2.32. The number of ether oxygens (including phenoxy) is 6. The standard InChI is InChI=1S/C49H56N2O14/c1-29(53)40(44(57)50-35(27-52)21-23-39(55)64-47(2,3)4)51-43(56)32-25-36(41-37(26-32)63-49(65-41,33-16-9-7-10-17-33)34-18-11-8-12-19-34)61-45(58)31-15-13-14-30(24-31)20-22-38(54)62-42-46(59)60-28-48(42,5)6/h7-20,22,24,26,29,35-37,40-42,52-53H,21,23,25,27-28H2,1-6H3,(H,50,57)(H,51,56)/t29-,35-,36+,37+,40+,41-,42-/m0/s1. The van der Waals surface area contributed by atoms with Crippen LogP contribution in [0.25, 0.3) is 6.08 Å². The van der Waals surface area contributed by atoms with E-state index in [0.717, 1.165) is 6.08 Å². The van der Waals surface area contributed by atoms with Gasteiger partial charge in [-0.15, -0.1) is 0 Å². The number of benzene rings is 3. The van der Waals surface area contributed by atoms with E-state index in [1.54, 1.807) is 52.8 Å². The van der Waals surface area contributed by atoms with Crippen molar-refractivity contribution in [3.8, 4) is 0 Å². The van der Waals surface area contributed by atoms with Gasteiger partial charge in [0.2, 0.25) is 23.7 Å². The number of cyclic esters (lactones) is 1. The Balaban J connectivity index is 1.23. The van der Waals surface area contributed by atoms with Crippen LogP contribution in [-0.4, -0.2) is 107 Å². The minimum Gasteiger partial charge on any atom is -0.462 e. The van der Waals surface area contributed by atoms with E-state index in [9.17, 15) is 39.0 Å². The molecule has 3 aromatic carbocycles. The van der Waals surface area contributed by atoms with Gasteiger partial charge in [0.1, 0.15) is 36.6 Å². The number of aliphatic hydroxyl groups is 2. The van der Waals surface area contributed by atoms with Crippen molar-refractivity contribution in [3.63, 3.8) is 0 Å². The average molecular weight is 897 g/mol. The summed E-state index contributed by atoms with van der Waals surface area (Å²) in [6.07, 6.45) is -1.70. The van der Waals surface area contributed by atoms with Crippen LogP contribution in [0.2, 0.25) is 0 Å². The molecule has 65 heavy (non-hydrogen) atoms. The zero-order valence-electron chi connectivity index (χ0n) is 37.2. The summed E-state index contributed by atoms with van der Waals surface area (Å²) >= 11 is 0. The Bertz CT molecular complexity index is 2240. The van der Waals surface area contributed by atoms with Crippen LogP contribution in [0.5, 0.6) is 0 Å². The zero-order valence-corrected chi connectivity index (χ0v) is 37.2. The molecule has 3 aliphatic rings. The molecular formula is C49H56N2O14. The molecule has 16 heteroatoms. The van der Waals surface area contributed by atoms with Crippen LogP contribution in [-0.2, 0) is 58.2 Å². The second-order valence-corrected chi connectivity index (χ2v) is 17.9. The fraction of sp³-hybridized carbons (Fsp3) is 0.429. The monoisotopic (exact) mass is 896 g/mol. The number of esters is 4. The number of carbonyl (C=O) groups excluding carboxylic acids is 6. The van der Waals surface area contributed by atoms with Crippen LogP contribution < -0.4 is 10.6 Å². The van der Waals surface area contributed by atoms with Gasteiger partial charge < -0.3 is 49.3 Å². The van der Waals surface area contributed by atoms with Gasteiger partial charge in [0.15, 0.2) is 0 Å². The van der Waals surface area contributed by atoms with Crippen LogP contribution in [0.1, 0.15) is 87.9 Å². The van der Waals surface area contributed by atoms with Crippen LogP contribution >= 0.6 is 0 Å². The van der Waals surface area contributed by atoms with Crippen LogP contribution in [0.4, 0.5) is 0 Å².